The summed E-state index contributed by atoms with van der Waals surface area (Å²) in [5, 5.41) is 38.7. The van der Waals surface area contributed by atoms with Crippen molar-refractivity contribution in [1.29, 1.82) is 10.5 Å². The van der Waals surface area contributed by atoms with E-state index >= 15 is 0 Å². The van der Waals surface area contributed by atoms with Gasteiger partial charge < -0.3 is 51.2 Å². The van der Waals surface area contributed by atoms with Crippen LogP contribution in [-0.4, -0.2) is 188 Å². The smallest absolute Gasteiger partial charge is 0.314 e. The van der Waals surface area contributed by atoms with E-state index in [0.29, 0.717) is 110 Å². The number of benzene rings is 4. The van der Waals surface area contributed by atoms with Crippen LogP contribution in [0.15, 0.2) is 82.6 Å². The molecule has 6 aliphatic rings. The molecule has 8 N–H and O–H groups in total. The highest BCUT2D eigenvalue weighted by molar-refractivity contribution is 7.89. The topological polar surface area (TPSA) is 312 Å². The van der Waals surface area contributed by atoms with Crippen molar-refractivity contribution in [3.8, 4) is 23.6 Å². The fourth-order valence-electron chi connectivity index (χ4n) is 13.4. The summed E-state index contributed by atoms with van der Waals surface area (Å²) in [5.74, 6) is 0.699. The molecule has 4 saturated heterocycles. The maximum atomic E-state index is 13.5. The van der Waals surface area contributed by atoms with Crippen LogP contribution in [0.2, 0.25) is 10.0 Å². The second kappa shape index (κ2) is 31.0. The molecule has 494 valence electrons. The molecule has 28 heteroatoms. The van der Waals surface area contributed by atoms with Crippen molar-refractivity contribution in [3.05, 3.63) is 116 Å². The van der Waals surface area contributed by atoms with Gasteiger partial charge >= 0.3 is 12.1 Å². The number of fused-ring (bicyclic) bond motifs is 2. The molecule has 2 unspecified atom stereocenters. The van der Waals surface area contributed by atoms with Gasteiger partial charge in [-0.1, -0.05) is 23.2 Å². The number of halogens is 2. The first-order chi connectivity index (χ1) is 44.2. The minimum absolute atomic E-state index is 0.0405. The number of sulfonamides is 2. The maximum Gasteiger partial charge on any atom is 0.314 e. The lowest BCUT2D eigenvalue weighted by Crippen LogP contribution is -2.54. The number of carbonyl (C=O) groups excluding carboxylic acids is 4. The molecule has 8 atom stereocenters. The van der Waals surface area contributed by atoms with Crippen molar-refractivity contribution in [1.82, 2.24) is 60.9 Å². The molecule has 0 radical (unpaired) electrons. The fourth-order valence-corrected chi connectivity index (χ4v) is 16.4. The van der Waals surface area contributed by atoms with E-state index in [1.54, 1.807) is 46.2 Å². The van der Waals surface area contributed by atoms with E-state index in [0.717, 1.165) is 61.5 Å². The van der Waals surface area contributed by atoms with Crippen molar-refractivity contribution in [2.24, 2.45) is 0 Å². The molecular weight excluding hydrogens is 1260 g/mol. The van der Waals surface area contributed by atoms with Crippen LogP contribution in [0.4, 0.5) is 9.59 Å². The Morgan fingerprint density at radius 1 is 0.554 bits per heavy atom. The van der Waals surface area contributed by atoms with Gasteiger partial charge in [0.15, 0.2) is 0 Å². The maximum absolute atomic E-state index is 13.5. The van der Waals surface area contributed by atoms with Crippen LogP contribution in [0.3, 0.4) is 0 Å². The Labute approximate surface area is 548 Å². The first-order valence-corrected chi connectivity index (χ1v) is 35.5. The number of nitrogens with zero attached hydrogens (tertiary/aromatic N) is 6. The molecule has 4 aromatic carbocycles. The van der Waals surface area contributed by atoms with Crippen molar-refractivity contribution < 1.29 is 45.5 Å². The van der Waals surface area contributed by atoms with Gasteiger partial charge in [0, 0.05) is 139 Å². The van der Waals surface area contributed by atoms with Crippen LogP contribution >= 0.6 is 23.2 Å². The summed E-state index contributed by atoms with van der Waals surface area (Å²) in [6.45, 7) is 11.7. The normalized spacial score (nSPS) is 23.2. The number of unbranched alkanes of at least 4 members (excludes halogenated alkanes) is 1. The summed E-state index contributed by atoms with van der Waals surface area (Å²) in [5.41, 5.74) is 4.60. The summed E-state index contributed by atoms with van der Waals surface area (Å²) in [7, 11) is -7.86. The average Bonchev–Trinajstić information content (AvgIpc) is 1.62. The molecule has 4 fully saturated rings. The van der Waals surface area contributed by atoms with Crippen LogP contribution in [0, 0.1) is 22.7 Å². The lowest BCUT2D eigenvalue weighted by Gasteiger charge is -2.38. The Kier molecular flexibility index (Phi) is 22.9. The Morgan fingerprint density at radius 2 is 0.935 bits per heavy atom. The van der Waals surface area contributed by atoms with Gasteiger partial charge in [0.2, 0.25) is 31.9 Å². The number of amides is 6. The molecule has 0 saturated carbocycles. The Balaban J connectivity index is 0.552. The zero-order chi connectivity index (χ0) is 65.1. The van der Waals surface area contributed by atoms with E-state index in [9.17, 15) is 46.5 Å². The number of hydrogen-bond acceptors (Lipinski definition) is 16. The molecule has 4 heterocycles. The van der Waals surface area contributed by atoms with Crippen LogP contribution in [0.1, 0.15) is 111 Å². The van der Waals surface area contributed by atoms with Crippen molar-refractivity contribution in [3.63, 3.8) is 0 Å². The van der Waals surface area contributed by atoms with Crippen LogP contribution in [0.5, 0.6) is 11.5 Å². The molecule has 24 nitrogen and oxygen atoms in total. The highest BCUT2D eigenvalue weighted by atomic mass is 35.5. The highest BCUT2D eigenvalue weighted by Gasteiger charge is 2.43. The Bertz CT molecular complexity index is 3400. The predicted octanol–water partition coefficient (Wildman–Crippen LogP) is 4.81. The van der Waals surface area contributed by atoms with Crippen molar-refractivity contribution in [2.45, 2.75) is 136 Å². The molecule has 4 aromatic rings. The lowest BCUT2D eigenvalue weighted by molar-refractivity contribution is -0.131. The summed E-state index contributed by atoms with van der Waals surface area (Å²) in [4.78, 5) is 59.1. The number of ether oxygens (including phenoxy) is 2. The summed E-state index contributed by atoms with van der Waals surface area (Å²) in [6, 6.07) is 23.0. The molecule has 0 aromatic heterocycles. The molecule has 2 aliphatic carbocycles. The Morgan fingerprint density at radius 3 is 1.30 bits per heavy atom. The molecule has 92 heavy (non-hydrogen) atoms. The number of hydrogen-bond donors (Lipinski definition) is 8. The predicted molar refractivity (Wildman–Crippen MR) is 346 cm³/mol. The van der Waals surface area contributed by atoms with Crippen LogP contribution in [0.25, 0.3) is 0 Å². The van der Waals surface area contributed by atoms with Gasteiger partial charge in [-0.05, 0) is 160 Å². The number of carbonyl (C=O) groups is 4. The third-order valence-corrected chi connectivity index (χ3v) is 21.5. The quantitative estimate of drug-likeness (QED) is 0.0413. The zero-order valence-electron chi connectivity index (χ0n) is 51.9. The van der Waals surface area contributed by atoms with Gasteiger partial charge in [-0.15, -0.1) is 0 Å². The van der Waals surface area contributed by atoms with E-state index in [1.807, 2.05) is 12.1 Å². The average molecular weight is 1340 g/mol. The van der Waals surface area contributed by atoms with Gasteiger partial charge in [-0.2, -0.15) is 10.5 Å². The fraction of sp³-hybridized carbons (Fsp3) is 0.531. The number of nitriles is 2. The van der Waals surface area contributed by atoms with E-state index in [-0.39, 0.29) is 96.9 Å². The number of nitrogens with one attached hydrogen (secondary N) is 8. The van der Waals surface area contributed by atoms with Crippen molar-refractivity contribution >= 4 is 67.1 Å². The Hall–Kier alpha value is -6.82. The van der Waals surface area contributed by atoms with E-state index in [1.165, 1.54) is 24.3 Å². The lowest BCUT2D eigenvalue weighted by atomic mass is 10.0. The number of rotatable bonds is 25. The standard InChI is InChI=1S/C64H82Cl2N14O10S2/c1-41-37-77(27-23-69-41)57-33-53-43(35-67)29-45(65)31-55(53)61(57)89-49-9-13-51(14-10-49)91(85,86)75-47-17-25-79(39-47)59(81)7-5-21-73-63(83)71-19-3-4-20-72-64(84)74-22-6-8-60(82)80-26-18-48(40-80)76-92(87,88)52-15-11-50(12-16-52)90-62-56-32-46(66)30-44(36-68)54(56)34-58(62)78-28-24-70-42(2)38-78/h9-16,29-32,41-42,47-48,57-58,61-62,69-70,75-76H,3-8,17-28,33-34,37-40H2,1-2H3,(H2,71,73,83)(H2,72,74,84)/t41-,42-,47?,48?,57+,58+,61+,62+/m1/s1. The minimum Gasteiger partial charge on any atom is -0.484 e. The van der Waals surface area contributed by atoms with Gasteiger partial charge in [-0.3, -0.25) is 19.4 Å². The SMILES string of the molecule is C[C@@H]1CN([C@H]2Cc3c(C#N)cc(Cl)cc3[C@@H]2Oc2ccc(S(=O)(=O)NC3CCN(C(=O)CCCNC(=O)NCCCCNC(=O)NCCCC(=O)N4CCC(NS(=O)(=O)c5ccc(O[C@H]6c7cc(Cl)cc(C#N)c7C[C@@H]6N6CCN[C@H](C)C6)cc5)C4)C3)cc2)CCN1. The van der Waals surface area contributed by atoms with Gasteiger partial charge in [-0.25, -0.2) is 35.9 Å². The van der Waals surface area contributed by atoms with E-state index in [2.05, 4.69) is 77.1 Å². The summed E-state index contributed by atoms with van der Waals surface area (Å²) in [6.07, 6.45) is 3.67. The zero-order valence-corrected chi connectivity index (χ0v) is 55.0. The van der Waals surface area contributed by atoms with Crippen LogP contribution in [-0.2, 0) is 42.5 Å². The van der Waals surface area contributed by atoms with E-state index in [4.69, 9.17) is 32.7 Å². The molecule has 0 spiro atoms. The number of urea groups is 2. The number of likely N-dealkylation sites (tertiary alicyclic amines) is 2. The molecule has 0 bridgehead atoms. The molecule has 6 amide bonds. The number of piperazine rings is 2. The first-order valence-electron chi connectivity index (χ1n) is 31.8. The van der Waals surface area contributed by atoms with Crippen LogP contribution < -0.4 is 50.8 Å². The first kappa shape index (κ1) is 68.1. The monoisotopic (exact) mass is 1340 g/mol. The third-order valence-electron chi connectivity index (χ3n) is 18.0. The largest absolute Gasteiger partial charge is 0.484 e. The second-order valence-corrected chi connectivity index (χ2v) is 29.0. The third kappa shape index (κ3) is 17.3. The second-order valence-electron chi connectivity index (χ2n) is 24.7. The molecule has 10 rings (SSSR count). The minimum atomic E-state index is -3.93. The van der Waals surface area contributed by atoms with Gasteiger partial charge in [0.05, 0.1) is 45.1 Å². The highest BCUT2D eigenvalue weighted by Crippen LogP contribution is 2.43. The van der Waals surface area contributed by atoms with Crippen molar-refractivity contribution in [2.75, 3.05) is 91.6 Å². The molecule has 4 aliphatic heterocycles. The van der Waals surface area contributed by atoms with Gasteiger partial charge in [0.1, 0.15) is 23.7 Å². The molecular formula is C64H82Cl2N14O10S2. The summed E-state index contributed by atoms with van der Waals surface area (Å²) >= 11 is 12.9. The summed E-state index contributed by atoms with van der Waals surface area (Å²) < 4.78 is 72.8. The van der Waals surface area contributed by atoms with Gasteiger partial charge in [0.25, 0.3) is 0 Å². The van der Waals surface area contributed by atoms with E-state index < -0.39 is 44.3 Å².